The minimum atomic E-state index is 0. The lowest BCUT2D eigenvalue weighted by molar-refractivity contribution is -0.119. The smallest absolute Gasteiger partial charge is 0.132 e. The number of hydrogen-bond donors (Lipinski definition) is 0. The van der Waals surface area contributed by atoms with Crippen LogP contribution in [0.4, 0.5) is 0 Å². The van der Waals surface area contributed by atoms with E-state index in [2.05, 4.69) is 144 Å². The maximum Gasteiger partial charge on any atom is 0.132 e. The van der Waals surface area contributed by atoms with Gasteiger partial charge in [-0.05, 0) is 86.9 Å². The fourth-order valence-electron chi connectivity index (χ4n) is 4.24. The van der Waals surface area contributed by atoms with Gasteiger partial charge in [0.05, 0.1) is 0 Å². The maximum atomic E-state index is 10.6. The van der Waals surface area contributed by atoms with Gasteiger partial charge in [0.25, 0.3) is 0 Å². The van der Waals surface area contributed by atoms with Crippen LogP contribution >= 0.6 is 0 Å². The second-order valence-corrected chi connectivity index (χ2v) is 18.6. The summed E-state index contributed by atoms with van der Waals surface area (Å²) in [5, 5.41) is 0. The van der Waals surface area contributed by atoms with Crippen LogP contribution in [-0.2, 0) is 19.0 Å². The van der Waals surface area contributed by atoms with Crippen molar-refractivity contribution >= 4 is 5.78 Å². The Hall–Kier alpha value is -0.710. The highest BCUT2D eigenvalue weighted by molar-refractivity contribution is 5.78. The Bertz CT molecular complexity index is 606. The lowest BCUT2D eigenvalue weighted by atomic mass is 10.1. The highest BCUT2D eigenvalue weighted by Crippen LogP contribution is 2.06. The van der Waals surface area contributed by atoms with Crippen LogP contribution < -0.4 is 0 Å². The number of unbranched alkanes of at least 4 members (excludes halogenated alkanes) is 2. The minimum Gasteiger partial charge on any atom is -0.385 e. The van der Waals surface area contributed by atoms with Crippen molar-refractivity contribution in [1.29, 1.82) is 0 Å². The molecule has 0 unspecified atom stereocenters. The van der Waals surface area contributed by atoms with Gasteiger partial charge in [0.1, 0.15) is 5.78 Å². The van der Waals surface area contributed by atoms with E-state index in [-0.39, 0.29) is 59.4 Å². The molecular weight excluding hydrogens is 797 g/mol. The topological polar surface area (TPSA) is 44.8 Å². The van der Waals surface area contributed by atoms with Crippen LogP contribution in [0.15, 0.2) is 12.2 Å². The van der Waals surface area contributed by atoms with E-state index in [1.807, 2.05) is 20.8 Å². The molecule has 0 N–H and O–H groups in total. The molecule has 0 aromatic carbocycles. The molecule has 0 aliphatic heterocycles. The predicted molar refractivity (Wildman–Crippen MR) is 320 cm³/mol. The normalized spacial score (nSPS) is 9.11. The summed E-state index contributed by atoms with van der Waals surface area (Å²) in [5.41, 5.74) is 0. The molecule has 0 aromatic heterocycles. The van der Waals surface area contributed by atoms with Gasteiger partial charge in [0.2, 0.25) is 0 Å². The van der Waals surface area contributed by atoms with E-state index in [1.54, 1.807) is 14.2 Å². The first-order valence-corrected chi connectivity index (χ1v) is 24.3. The van der Waals surface area contributed by atoms with E-state index in [9.17, 15) is 4.79 Å². The molecule has 0 rings (SSSR count). The highest BCUT2D eigenvalue weighted by Gasteiger charge is 2.00. The molecule has 65 heavy (non-hydrogen) atoms. The molecule has 0 spiro atoms. The van der Waals surface area contributed by atoms with Crippen molar-refractivity contribution in [2.24, 2.45) is 47.3 Å². The van der Waals surface area contributed by atoms with Crippen molar-refractivity contribution in [2.45, 2.75) is 302 Å². The second kappa shape index (κ2) is 101. The fraction of sp³-hybridized carbons (Fsp3) is 0.951. The van der Waals surface area contributed by atoms with E-state index in [4.69, 9.17) is 14.2 Å². The number of Topliss-reactive ketones (excluding diaryl/α,β-unsaturated/α-hetero) is 1. The summed E-state index contributed by atoms with van der Waals surface area (Å²) in [6, 6.07) is 0. The van der Waals surface area contributed by atoms with Gasteiger partial charge in [-0.25, -0.2) is 0 Å². The molecule has 0 bridgehead atoms. The van der Waals surface area contributed by atoms with Gasteiger partial charge in [0, 0.05) is 53.5 Å². The molecule has 0 aliphatic carbocycles. The predicted octanol–water partition coefficient (Wildman–Crippen LogP) is 23.2. The average Bonchev–Trinajstić information content (AvgIpc) is 3.10. The van der Waals surface area contributed by atoms with Crippen LogP contribution in [0, 0.1) is 47.3 Å². The van der Waals surface area contributed by atoms with E-state index in [0.717, 1.165) is 74.3 Å². The number of carbonyl (C=O) groups excluding carboxylic acids is 1. The third kappa shape index (κ3) is 215. The van der Waals surface area contributed by atoms with Gasteiger partial charge in [-0.1, -0.05) is 261 Å². The molecule has 0 heterocycles. The number of ketones is 1. The third-order valence-electron chi connectivity index (χ3n) is 7.82. The zero-order valence-electron chi connectivity index (χ0n) is 44.6. The van der Waals surface area contributed by atoms with Crippen molar-refractivity contribution in [3.63, 3.8) is 0 Å². The number of methoxy groups -OCH3 is 2. The van der Waals surface area contributed by atoms with E-state index < -0.39 is 0 Å². The molecule has 4 heteroatoms. The molecule has 0 amide bonds. The highest BCUT2D eigenvalue weighted by atomic mass is 16.5. The molecule has 0 saturated heterocycles. The molecule has 0 fully saturated rings. The Kier molecular flexibility index (Phi) is 172. The Morgan fingerprint density at radius 3 is 0.877 bits per heavy atom. The van der Waals surface area contributed by atoms with Crippen LogP contribution in [0.1, 0.15) is 302 Å². The van der Waals surface area contributed by atoms with Crippen molar-refractivity contribution in [3.8, 4) is 0 Å². The number of allylic oxidation sites excluding steroid dienone is 2. The first-order valence-electron chi connectivity index (χ1n) is 24.3. The average molecular weight is 948 g/mol. The zero-order chi connectivity index (χ0) is 46.5. The van der Waals surface area contributed by atoms with E-state index >= 15 is 0 Å². The van der Waals surface area contributed by atoms with Crippen LogP contribution in [0.25, 0.3) is 0 Å². The van der Waals surface area contributed by atoms with Crippen LogP contribution in [0.2, 0.25) is 0 Å². The van der Waals surface area contributed by atoms with Gasteiger partial charge in [0.15, 0.2) is 0 Å². The summed E-state index contributed by atoms with van der Waals surface area (Å²) < 4.78 is 14.9. The number of hydrogen-bond acceptors (Lipinski definition) is 4. The van der Waals surface area contributed by atoms with E-state index in [0.29, 0.717) is 18.1 Å². The van der Waals surface area contributed by atoms with Gasteiger partial charge < -0.3 is 14.2 Å². The van der Waals surface area contributed by atoms with E-state index in [1.165, 1.54) is 77.0 Å². The van der Waals surface area contributed by atoms with Crippen molar-refractivity contribution < 1.29 is 19.0 Å². The maximum absolute atomic E-state index is 10.6. The summed E-state index contributed by atoms with van der Waals surface area (Å²) >= 11 is 0. The van der Waals surface area contributed by atoms with Gasteiger partial charge in [-0.2, -0.15) is 0 Å². The Labute approximate surface area is 425 Å². The summed E-state index contributed by atoms with van der Waals surface area (Å²) in [6.07, 6.45) is 21.5. The SMILES string of the molecule is C.C.C.C.C.C.C.C.C/C=C/C(C)C.CCC(=O)CC(C)C.CCCC(C)C.CCCCC(C)C.CCCCC(C)C.CCOCCC(C)C.COCCC(C)C.COCCCC(C)C. The lowest BCUT2D eigenvalue weighted by Gasteiger charge is -2.02. The summed E-state index contributed by atoms with van der Waals surface area (Å²) in [7, 11) is 3.49. The molecule has 0 radical (unpaired) electrons. The fourth-order valence-corrected chi connectivity index (χ4v) is 4.24. The molecule has 4 nitrogen and oxygen atoms in total. The summed E-state index contributed by atoms with van der Waals surface area (Å²) in [6.45, 7) is 51.6. The first kappa shape index (κ1) is 110. The Morgan fingerprint density at radius 2 is 0.738 bits per heavy atom. The second-order valence-electron chi connectivity index (χ2n) is 18.6. The molecule has 0 aliphatic rings. The molecule has 0 aromatic rings. The van der Waals surface area contributed by atoms with Crippen LogP contribution in [-0.4, -0.2) is 46.4 Å². The summed E-state index contributed by atoms with van der Waals surface area (Å²) in [5.74, 6) is 6.71. The molecule has 0 saturated carbocycles. The number of carbonyl (C=O) groups is 1. The standard InChI is InChI=1S/2C7H16O.C7H14O.2C7H16.C6H14O.C6H14.C6H12.8CH4/c1-7(2)5-4-6-8-3;1-4-8-6-5-7(2)3;1-4-7(8)5-6(2)3;2*1-4-5-6-7(2)3;1-6(2)4-5-7-3;2*1-4-5-6(2)3;;;;;;;;/h2*7H,4-6H2,1-3H3;6H,4-5H2,1-3H3;2*7H,4-6H2,1-3H3;6H,4-5H2,1-3H3;6H,4-5H2,1-3H3;4-6H,1-3H3;8*1H4/b;;;;;;;5-4+;;;;;;;;. The van der Waals surface area contributed by atoms with Gasteiger partial charge in [-0.15, -0.1) is 0 Å². The quantitative estimate of drug-likeness (QED) is 0.0756. The monoisotopic (exact) mass is 947 g/mol. The first-order chi connectivity index (χ1) is 26.6. The molecular formula is C61H150O4. The Balaban J connectivity index is -0.0000000297. The lowest BCUT2D eigenvalue weighted by Crippen LogP contribution is -1.99. The number of ether oxygens (including phenoxy) is 3. The number of rotatable bonds is 23. The van der Waals surface area contributed by atoms with Crippen molar-refractivity contribution in [1.82, 2.24) is 0 Å². The van der Waals surface area contributed by atoms with Crippen molar-refractivity contribution in [2.75, 3.05) is 40.6 Å². The largest absolute Gasteiger partial charge is 0.385 e. The minimum absolute atomic E-state index is 0. The Morgan fingerprint density at radius 1 is 0.415 bits per heavy atom. The van der Waals surface area contributed by atoms with Gasteiger partial charge >= 0.3 is 0 Å². The zero-order valence-corrected chi connectivity index (χ0v) is 44.6. The van der Waals surface area contributed by atoms with Crippen LogP contribution in [0.5, 0.6) is 0 Å². The molecule has 418 valence electrons. The van der Waals surface area contributed by atoms with Gasteiger partial charge in [-0.3, -0.25) is 4.79 Å². The van der Waals surface area contributed by atoms with Crippen molar-refractivity contribution in [3.05, 3.63) is 12.2 Å². The molecule has 0 atom stereocenters. The van der Waals surface area contributed by atoms with Crippen LogP contribution in [0.3, 0.4) is 0 Å². The summed E-state index contributed by atoms with van der Waals surface area (Å²) in [4.78, 5) is 10.6. The third-order valence-corrected chi connectivity index (χ3v) is 7.82.